The maximum absolute atomic E-state index is 5.69. The van der Waals surface area contributed by atoms with E-state index in [1.165, 1.54) is 56.9 Å². The van der Waals surface area contributed by atoms with Crippen molar-refractivity contribution in [3.8, 4) is 0 Å². The van der Waals surface area contributed by atoms with Gasteiger partial charge in [0.2, 0.25) is 0 Å². The second-order valence-electron chi connectivity index (χ2n) is 6.47. The van der Waals surface area contributed by atoms with Crippen LogP contribution in [0, 0.1) is 0 Å². The molecule has 2 rings (SSSR count). The second kappa shape index (κ2) is 10.3. The van der Waals surface area contributed by atoms with Gasteiger partial charge < -0.3 is 9.73 Å². The van der Waals surface area contributed by atoms with Crippen molar-refractivity contribution in [1.29, 1.82) is 0 Å². The van der Waals surface area contributed by atoms with Crippen LogP contribution in [-0.2, 0) is 6.42 Å². The van der Waals surface area contributed by atoms with E-state index < -0.39 is 0 Å². The summed E-state index contributed by atoms with van der Waals surface area (Å²) >= 11 is 0. The first kappa shape index (κ1) is 17.8. The number of anilines is 1. The molecule has 3 heteroatoms. The molecule has 0 amide bonds. The van der Waals surface area contributed by atoms with Crippen molar-refractivity contribution in [1.82, 2.24) is 4.98 Å². The lowest BCUT2D eigenvalue weighted by atomic mass is 10.0. The summed E-state index contributed by atoms with van der Waals surface area (Å²) < 4.78 is 5.69. The molecule has 0 radical (unpaired) electrons. The predicted molar refractivity (Wildman–Crippen MR) is 99.1 cm³/mol. The summed E-state index contributed by atoms with van der Waals surface area (Å²) in [4.78, 5) is 4.52. The monoisotopic (exact) mass is 316 g/mol. The van der Waals surface area contributed by atoms with E-state index in [0.717, 1.165) is 30.5 Å². The Kier molecular flexibility index (Phi) is 7.99. The van der Waals surface area contributed by atoms with Crippen LogP contribution in [0.4, 0.5) is 6.01 Å². The van der Waals surface area contributed by atoms with Crippen molar-refractivity contribution in [2.75, 3.05) is 11.9 Å². The number of hydrogen-bond acceptors (Lipinski definition) is 3. The highest BCUT2D eigenvalue weighted by molar-refractivity contribution is 5.75. The van der Waals surface area contributed by atoms with E-state index in [-0.39, 0.29) is 0 Å². The highest BCUT2D eigenvalue weighted by Gasteiger charge is 2.05. The maximum Gasteiger partial charge on any atom is 0.295 e. The lowest BCUT2D eigenvalue weighted by molar-refractivity contribution is 0.575. The molecule has 2 aromatic rings. The molecule has 23 heavy (non-hydrogen) atoms. The summed E-state index contributed by atoms with van der Waals surface area (Å²) in [7, 11) is 0. The van der Waals surface area contributed by atoms with Gasteiger partial charge in [0.25, 0.3) is 6.01 Å². The largest absolute Gasteiger partial charge is 0.424 e. The van der Waals surface area contributed by atoms with Gasteiger partial charge in [-0.05, 0) is 37.0 Å². The number of aromatic nitrogens is 1. The molecular weight excluding hydrogens is 284 g/mol. The average Bonchev–Trinajstić information content (AvgIpc) is 2.97. The number of aryl methyl sites for hydroxylation is 1. The standard InChI is InChI=1S/C20H32N2O/c1-3-5-6-7-8-9-10-11-12-17-13-14-19-18(16-17)22-20(23-19)21-15-4-2/h13-14,16H,3-12,15H2,1-2H3,(H,21,22). The first-order valence-electron chi connectivity index (χ1n) is 9.46. The Morgan fingerprint density at radius 2 is 1.65 bits per heavy atom. The molecule has 0 spiro atoms. The third-order valence-corrected chi connectivity index (χ3v) is 4.30. The molecule has 0 aliphatic rings. The van der Waals surface area contributed by atoms with Gasteiger partial charge in [-0.3, -0.25) is 0 Å². The lowest BCUT2D eigenvalue weighted by Gasteiger charge is -2.02. The molecule has 0 saturated carbocycles. The number of benzene rings is 1. The number of oxazole rings is 1. The Morgan fingerprint density at radius 3 is 2.39 bits per heavy atom. The topological polar surface area (TPSA) is 38.1 Å². The number of nitrogens with zero attached hydrogens (tertiary/aromatic N) is 1. The molecule has 0 unspecified atom stereocenters. The van der Waals surface area contributed by atoms with Gasteiger partial charge in [0.05, 0.1) is 0 Å². The molecule has 3 nitrogen and oxygen atoms in total. The molecule has 0 bridgehead atoms. The van der Waals surface area contributed by atoms with Crippen LogP contribution in [0.15, 0.2) is 22.6 Å². The zero-order chi connectivity index (χ0) is 16.3. The number of fused-ring (bicyclic) bond motifs is 1. The van der Waals surface area contributed by atoms with Crippen molar-refractivity contribution in [2.24, 2.45) is 0 Å². The van der Waals surface area contributed by atoms with Gasteiger partial charge in [0, 0.05) is 6.54 Å². The minimum atomic E-state index is 0.645. The van der Waals surface area contributed by atoms with E-state index >= 15 is 0 Å². The van der Waals surface area contributed by atoms with Gasteiger partial charge in [-0.2, -0.15) is 4.98 Å². The summed E-state index contributed by atoms with van der Waals surface area (Å²) in [6.07, 6.45) is 13.2. The van der Waals surface area contributed by atoms with Crippen LogP contribution in [0.3, 0.4) is 0 Å². The Balaban J connectivity index is 1.71. The van der Waals surface area contributed by atoms with Crippen LogP contribution in [0.1, 0.15) is 77.2 Å². The first-order chi connectivity index (χ1) is 11.3. The van der Waals surface area contributed by atoms with Crippen LogP contribution in [-0.4, -0.2) is 11.5 Å². The van der Waals surface area contributed by atoms with E-state index in [0.29, 0.717) is 6.01 Å². The zero-order valence-electron chi connectivity index (χ0n) is 14.9. The first-order valence-corrected chi connectivity index (χ1v) is 9.46. The van der Waals surface area contributed by atoms with E-state index in [9.17, 15) is 0 Å². The van der Waals surface area contributed by atoms with Crippen LogP contribution in [0.5, 0.6) is 0 Å². The third kappa shape index (κ3) is 6.25. The number of nitrogens with one attached hydrogen (secondary N) is 1. The number of rotatable bonds is 12. The normalized spacial score (nSPS) is 11.2. The summed E-state index contributed by atoms with van der Waals surface area (Å²) in [6.45, 7) is 5.31. The minimum Gasteiger partial charge on any atom is -0.424 e. The molecular formula is C20H32N2O. The lowest BCUT2D eigenvalue weighted by Crippen LogP contribution is -1.98. The molecule has 1 heterocycles. The Morgan fingerprint density at radius 1 is 0.913 bits per heavy atom. The van der Waals surface area contributed by atoms with E-state index in [2.05, 4.69) is 42.3 Å². The fourth-order valence-electron chi connectivity index (χ4n) is 2.90. The van der Waals surface area contributed by atoms with Crippen LogP contribution in [0.2, 0.25) is 0 Å². The SMILES string of the molecule is CCCCCCCCCCc1ccc2oc(NCCC)nc2c1. The third-order valence-electron chi connectivity index (χ3n) is 4.30. The fraction of sp³-hybridized carbons (Fsp3) is 0.650. The molecule has 0 atom stereocenters. The second-order valence-corrected chi connectivity index (χ2v) is 6.47. The van der Waals surface area contributed by atoms with Gasteiger partial charge in [0.15, 0.2) is 5.58 Å². The molecule has 1 N–H and O–H groups in total. The average molecular weight is 316 g/mol. The summed E-state index contributed by atoms with van der Waals surface area (Å²) in [5.74, 6) is 0. The molecule has 1 aromatic carbocycles. The summed E-state index contributed by atoms with van der Waals surface area (Å²) in [5.41, 5.74) is 3.22. The molecule has 1 aromatic heterocycles. The predicted octanol–water partition coefficient (Wildman–Crippen LogP) is 6.33. The van der Waals surface area contributed by atoms with Crippen molar-refractivity contribution >= 4 is 17.1 Å². The Bertz CT molecular complexity index is 562. The van der Waals surface area contributed by atoms with Gasteiger partial charge in [-0.15, -0.1) is 0 Å². The molecule has 0 fully saturated rings. The van der Waals surface area contributed by atoms with Crippen molar-refractivity contribution in [3.05, 3.63) is 23.8 Å². The number of hydrogen-bond donors (Lipinski definition) is 1. The Labute approximate surface area is 140 Å². The summed E-state index contributed by atoms with van der Waals surface area (Å²) in [5, 5.41) is 3.21. The van der Waals surface area contributed by atoms with Crippen LogP contribution in [0.25, 0.3) is 11.1 Å². The quantitative estimate of drug-likeness (QED) is 0.465. The van der Waals surface area contributed by atoms with Crippen LogP contribution >= 0.6 is 0 Å². The molecule has 128 valence electrons. The van der Waals surface area contributed by atoms with Gasteiger partial charge in [-0.1, -0.05) is 64.9 Å². The van der Waals surface area contributed by atoms with Gasteiger partial charge >= 0.3 is 0 Å². The fourth-order valence-corrected chi connectivity index (χ4v) is 2.90. The van der Waals surface area contributed by atoms with Gasteiger partial charge in [0.1, 0.15) is 5.52 Å². The summed E-state index contributed by atoms with van der Waals surface area (Å²) in [6, 6.07) is 7.06. The smallest absolute Gasteiger partial charge is 0.295 e. The Hall–Kier alpha value is -1.51. The zero-order valence-corrected chi connectivity index (χ0v) is 14.9. The van der Waals surface area contributed by atoms with Crippen molar-refractivity contribution in [2.45, 2.75) is 78.1 Å². The van der Waals surface area contributed by atoms with Crippen molar-refractivity contribution < 1.29 is 4.42 Å². The van der Waals surface area contributed by atoms with Gasteiger partial charge in [-0.25, -0.2) is 0 Å². The van der Waals surface area contributed by atoms with Crippen LogP contribution < -0.4 is 5.32 Å². The van der Waals surface area contributed by atoms with E-state index in [1.807, 2.05) is 0 Å². The van der Waals surface area contributed by atoms with Crippen molar-refractivity contribution in [3.63, 3.8) is 0 Å². The number of unbranched alkanes of at least 4 members (excludes halogenated alkanes) is 7. The molecule has 0 aliphatic heterocycles. The highest BCUT2D eigenvalue weighted by atomic mass is 16.4. The molecule has 0 saturated heterocycles. The van der Waals surface area contributed by atoms with E-state index in [4.69, 9.17) is 4.42 Å². The molecule has 0 aliphatic carbocycles. The van der Waals surface area contributed by atoms with E-state index in [1.54, 1.807) is 0 Å². The minimum absolute atomic E-state index is 0.645. The highest BCUT2D eigenvalue weighted by Crippen LogP contribution is 2.21. The maximum atomic E-state index is 5.69.